The van der Waals surface area contributed by atoms with E-state index in [1.165, 1.54) is 44.5 Å². The molecule has 1 aromatic carbocycles. The van der Waals surface area contributed by atoms with Gasteiger partial charge >= 0.3 is 6.03 Å². The number of carbonyl (C=O) groups excluding carboxylic acids is 1. The molecule has 138 valence electrons. The van der Waals surface area contributed by atoms with Crippen molar-refractivity contribution in [2.24, 2.45) is 5.92 Å². The molecule has 6 heteroatoms. The standard InChI is InChI=1S/C19H28FN3O2/c1-25-14-16-11-17(20)5-6-18(16)21-19(24)23-10-7-15(13-23)12-22-8-3-2-4-9-22/h5-6,11,15H,2-4,7-10,12-14H2,1H3,(H,21,24)/t15-/m1/s1. The molecule has 1 N–H and O–H groups in total. The molecule has 2 amide bonds. The van der Waals surface area contributed by atoms with Gasteiger partial charge in [-0.3, -0.25) is 0 Å². The number of hydrogen-bond donors (Lipinski definition) is 1. The normalized spacial score (nSPS) is 21.5. The highest BCUT2D eigenvalue weighted by atomic mass is 19.1. The summed E-state index contributed by atoms with van der Waals surface area (Å²) in [6, 6.07) is 4.26. The number of methoxy groups -OCH3 is 1. The van der Waals surface area contributed by atoms with Crippen molar-refractivity contribution in [2.45, 2.75) is 32.3 Å². The van der Waals surface area contributed by atoms with E-state index in [9.17, 15) is 9.18 Å². The van der Waals surface area contributed by atoms with Gasteiger partial charge in [0.2, 0.25) is 0 Å². The Labute approximate surface area is 149 Å². The molecule has 0 saturated carbocycles. The van der Waals surface area contributed by atoms with Gasteiger partial charge in [0.1, 0.15) is 5.82 Å². The van der Waals surface area contributed by atoms with Gasteiger partial charge in [0.25, 0.3) is 0 Å². The molecule has 0 radical (unpaired) electrons. The first-order valence-electron chi connectivity index (χ1n) is 9.21. The van der Waals surface area contributed by atoms with Crippen LogP contribution in [0.25, 0.3) is 0 Å². The molecule has 2 fully saturated rings. The molecule has 1 atom stereocenters. The number of benzene rings is 1. The number of ether oxygens (including phenoxy) is 1. The van der Waals surface area contributed by atoms with E-state index in [0.717, 1.165) is 26.1 Å². The lowest BCUT2D eigenvalue weighted by Crippen LogP contribution is -2.37. The monoisotopic (exact) mass is 349 g/mol. The zero-order valence-electron chi connectivity index (χ0n) is 15.0. The van der Waals surface area contributed by atoms with Gasteiger partial charge in [0, 0.05) is 38.0 Å². The number of likely N-dealkylation sites (tertiary alicyclic amines) is 2. The highest BCUT2D eigenvalue weighted by molar-refractivity contribution is 5.90. The smallest absolute Gasteiger partial charge is 0.321 e. The molecule has 1 aromatic rings. The molecule has 5 nitrogen and oxygen atoms in total. The molecule has 0 aromatic heterocycles. The third-order valence-corrected chi connectivity index (χ3v) is 5.15. The van der Waals surface area contributed by atoms with Crippen LogP contribution in [0.2, 0.25) is 0 Å². The van der Waals surface area contributed by atoms with Crippen LogP contribution in [0.1, 0.15) is 31.2 Å². The van der Waals surface area contributed by atoms with E-state index >= 15 is 0 Å². The van der Waals surface area contributed by atoms with Gasteiger partial charge in [0.05, 0.1) is 6.61 Å². The van der Waals surface area contributed by atoms with Gasteiger partial charge in [-0.15, -0.1) is 0 Å². The number of anilines is 1. The second-order valence-electron chi connectivity index (χ2n) is 7.13. The Morgan fingerprint density at radius 1 is 1.28 bits per heavy atom. The van der Waals surface area contributed by atoms with Crippen LogP contribution in [-0.4, -0.2) is 55.7 Å². The third kappa shape index (κ3) is 4.92. The van der Waals surface area contributed by atoms with E-state index in [1.807, 2.05) is 4.90 Å². The quantitative estimate of drug-likeness (QED) is 0.887. The highest BCUT2D eigenvalue weighted by Gasteiger charge is 2.28. The third-order valence-electron chi connectivity index (χ3n) is 5.15. The molecule has 2 aliphatic heterocycles. The molecule has 2 aliphatic rings. The average molecular weight is 349 g/mol. The maximum absolute atomic E-state index is 13.4. The van der Waals surface area contributed by atoms with Gasteiger partial charge in [-0.25, -0.2) is 9.18 Å². The SMILES string of the molecule is COCc1cc(F)ccc1NC(=O)N1CC[C@H](CN2CCCCC2)C1. The van der Waals surface area contributed by atoms with Crippen LogP contribution in [0, 0.1) is 11.7 Å². The fraction of sp³-hybridized carbons (Fsp3) is 0.632. The minimum Gasteiger partial charge on any atom is -0.380 e. The second-order valence-corrected chi connectivity index (χ2v) is 7.13. The summed E-state index contributed by atoms with van der Waals surface area (Å²) in [7, 11) is 1.56. The topological polar surface area (TPSA) is 44.8 Å². The fourth-order valence-electron chi connectivity index (χ4n) is 3.83. The van der Waals surface area contributed by atoms with Crippen molar-refractivity contribution in [3.8, 4) is 0 Å². The van der Waals surface area contributed by atoms with E-state index in [0.29, 0.717) is 17.2 Å². The van der Waals surface area contributed by atoms with E-state index in [1.54, 1.807) is 13.2 Å². The highest BCUT2D eigenvalue weighted by Crippen LogP contribution is 2.22. The number of rotatable bonds is 5. The minimum atomic E-state index is -0.326. The lowest BCUT2D eigenvalue weighted by molar-refractivity contribution is 0.185. The van der Waals surface area contributed by atoms with Crippen molar-refractivity contribution in [2.75, 3.05) is 45.2 Å². The van der Waals surface area contributed by atoms with Gasteiger partial charge in [-0.05, 0) is 56.5 Å². The first-order valence-corrected chi connectivity index (χ1v) is 9.21. The summed E-state index contributed by atoms with van der Waals surface area (Å²) >= 11 is 0. The van der Waals surface area contributed by atoms with Crippen molar-refractivity contribution in [3.05, 3.63) is 29.6 Å². The van der Waals surface area contributed by atoms with Crippen molar-refractivity contribution in [1.82, 2.24) is 9.80 Å². The summed E-state index contributed by atoms with van der Waals surface area (Å²) < 4.78 is 18.5. The first-order chi connectivity index (χ1) is 12.2. The summed E-state index contributed by atoms with van der Waals surface area (Å²) in [6.07, 6.45) is 4.99. The molecular weight excluding hydrogens is 321 g/mol. The summed E-state index contributed by atoms with van der Waals surface area (Å²) in [4.78, 5) is 17.0. The van der Waals surface area contributed by atoms with E-state index < -0.39 is 0 Å². The zero-order chi connectivity index (χ0) is 17.6. The molecule has 3 rings (SSSR count). The summed E-state index contributed by atoms with van der Waals surface area (Å²) in [5.41, 5.74) is 1.27. The number of amides is 2. The van der Waals surface area contributed by atoms with Crippen molar-refractivity contribution >= 4 is 11.7 Å². The van der Waals surface area contributed by atoms with Crippen LogP contribution >= 0.6 is 0 Å². The van der Waals surface area contributed by atoms with Crippen LogP contribution in [0.5, 0.6) is 0 Å². The summed E-state index contributed by atoms with van der Waals surface area (Å²) in [5.74, 6) is 0.225. The molecule has 0 aliphatic carbocycles. The van der Waals surface area contributed by atoms with E-state index in [-0.39, 0.29) is 18.5 Å². The number of halogens is 1. The fourth-order valence-corrected chi connectivity index (χ4v) is 3.83. The minimum absolute atomic E-state index is 0.106. The number of urea groups is 1. The number of nitrogens with one attached hydrogen (secondary N) is 1. The molecule has 0 unspecified atom stereocenters. The molecule has 0 spiro atoms. The first kappa shape index (κ1) is 18.1. The Hall–Kier alpha value is -1.66. The van der Waals surface area contributed by atoms with Gasteiger partial charge < -0.3 is 19.9 Å². The predicted octanol–water partition coefficient (Wildman–Crippen LogP) is 3.31. The molecule has 2 saturated heterocycles. The summed E-state index contributed by atoms with van der Waals surface area (Å²) in [6.45, 7) is 5.33. The van der Waals surface area contributed by atoms with Gasteiger partial charge in [-0.1, -0.05) is 6.42 Å². The average Bonchev–Trinajstić information content (AvgIpc) is 3.07. The zero-order valence-corrected chi connectivity index (χ0v) is 15.0. The Kier molecular flexibility index (Phi) is 6.26. The predicted molar refractivity (Wildman–Crippen MR) is 96.1 cm³/mol. The molecule has 25 heavy (non-hydrogen) atoms. The Morgan fingerprint density at radius 2 is 2.08 bits per heavy atom. The van der Waals surface area contributed by atoms with E-state index in [2.05, 4.69) is 10.2 Å². The Balaban J connectivity index is 1.53. The number of nitrogens with zero attached hydrogens (tertiary/aromatic N) is 2. The molecule has 2 heterocycles. The number of piperidine rings is 1. The van der Waals surface area contributed by atoms with Crippen LogP contribution < -0.4 is 5.32 Å². The van der Waals surface area contributed by atoms with Crippen molar-refractivity contribution < 1.29 is 13.9 Å². The van der Waals surface area contributed by atoms with Crippen LogP contribution in [0.3, 0.4) is 0 Å². The molecule has 0 bridgehead atoms. The van der Waals surface area contributed by atoms with Gasteiger partial charge in [-0.2, -0.15) is 0 Å². The van der Waals surface area contributed by atoms with Crippen LogP contribution in [-0.2, 0) is 11.3 Å². The van der Waals surface area contributed by atoms with Crippen LogP contribution in [0.15, 0.2) is 18.2 Å². The lowest BCUT2D eigenvalue weighted by atomic mass is 10.1. The summed E-state index contributed by atoms with van der Waals surface area (Å²) in [5, 5.41) is 2.92. The Morgan fingerprint density at radius 3 is 2.84 bits per heavy atom. The maximum atomic E-state index is 13.4. The molecular formula is C19H28FN3O2. The number of carbonyl (C=O) groups is 1. The maximum Gasteiger partial charge on any atom is 0.321 e. The van der Waals surface area contributed by atoms with Crippen LogP contribution in [0.4, 0.5) is 14.9 Å². The van der Waals surface area contributed by atoms with E-state index in [4.69, 9.17) is 4.74 Å². The largest absolute Gasteiger partial charge is 0.380 e. The van der Waals surface area contributed by atoms with Crippen molar-refractivity contribution in [3.63, 3.8) is 0 Å². The number of hydrogen-bond acceptors (Lipinski definition) is 3. The van der Waals surface area contributed by atoms with Gasteiger partial charge in [0.15, 0.2) is 0 Å². The lowest BCUT2D eigenvalue weighted by Gasteiger charge is -2.29. The Bertz CT molecular complexity index is 590. The second kappa shape index (κ2) is 8.63. The van der Waals surface area contributed by atoms with Crippen molar-refractivity contribution in [1.29, 1.82) is 0 Å².